The molecule has 132 valence electrons. The molecule has 2 aliphatic heterocycles. The minimum absolute atomic E-state index is 0. The first kappa shape index (κ1) is 17.7. The summed E-state index contributed by atoms with van der Waals surface area (Å²) in [5, 5.41) is 3.38. The van der Waals surface area contributed by atoms with E-state index in [0.717, 1.165) is 45.3 Å². The van der Waals surface area contributed by atoms with Crippen molar-refractivity contribution in [2.24, 2.45) is 17.3 Å². The molecular weight excluding hydrogens is 327 g/mol. The maximum absolute atomic E-state index is 14.2. The summed E-state index contributed by atoms with van der Waals surface area (Å²) in [4.78, 5) is 15.1. The number of carbonyl (C=O) groups is 1. The molecule has 3 fully saturated rings. The van der Waals surface area contributed by atoms with Gasteiger partial charge in [-0.05, 0) is 56.2 Å². The average Bonchev–Trinajstić information content (AvgIpc) is 3.09. The second kappa shape index (κ2) is 6.64. The van der Waals surface area contributed by atoms with E-state index in [9.17, 15) is 9.18 Å². The third kappa shape index (κ3) is 2.95. The van der Waals surface area contributed by atoms with Crippen LogP contribution in [-0.2, 0) is 4.79 Å². The molecule has 0 aromatic heterocycles. The Labute approximate surface area is 149 Å². The predicted molar refractivity (Wildman–Crippen MR) is 94.5 cm³/mol. The van der Waals surface area contributed by atoms with E-state index < -0.39 is 0 Å². The molecule has 3 atom stereocenters. The van der Waals surface area contributed by atoms with E-state index in [-0.39, 0.29) is 41.5 Å². The topological polar surface area (TPSA) is 32.3 Å². The Hall–Kier alpha value is -1.13. The lowest BCUT2D eigenvalue weighted by Crippen LogP contribution is -2.36. The van der Waals surface area contributed by atoms with Gasteiger partial charge in [-0.25, -0.2) is 4.39 Å². The van der Waals surface area contributed by atoms with E-state index in [0.29, 0.717) is 11.5 Å². The highest BCUT2D eigenvalue weighted by atomic mass is 35.5. The van der Waals surface area contributed by atoms with Crippen molar-refractivity contribution in [2.75, 3.05) is 19.6 Å². The Morgan fingerprint density at radius 1 is 1.29 bits per heavy atom. The molecule has 2 heterocycles. The standard InChI is InChI=1S/C19H25FN2O.ClH/c1-13-10-17(14-4-2-3-5-16(14)20)22(12-13)18(23)15-11-19(15)6-8-21-9-7-19;/h2-5,13,15,17,21H,6-12H2,1H3;1H. The first-order valence-electron chi connectivity index (χ1n) is 8.86. The van der Waals surface area contributed by atoms with Crippen LogP contribution < -0.4 is 5.32 Å². The summed E-state index contributed by atoms with van der Waals surface area (Å²) in [6.07, 6.45) is 4.12. The highest BCUT2D eigenvalue weighted by Gasteiger charge is 2.59. The van der Waals surface area contributed by atoms with Gasteiger partial charge in [-0.1, -0.05) is 25.1 Å². The number of nitrogens with zero attached hydrogens (tertiary/aromatic N) is 1. The van der Waals surface area contributed by atoms with Gasteiger partial charge >= 0.3 is 0 Å². The van der Waals surface area contributed by atoms with Crippen LogP contribution in [0.15, 0.2) is 24.3 Å². The summed E-state index contributed by atoms with van der Waals surface area (Å²) < 4.78 is 14.2. The van der Waals surface area contributed by atoms with Crippen molar-refractivity contribution in [1.82, 2.24) is 10.2 Å². The average molecular weight is 353 g/mol. The molecular formula is C19H26ClFN2O. The first-order chi connectivity index (χ1) is 11.1. The minimum Gasteiger partial charge on any atom is -0.335 e. The number of hydrogen-bond donors (Lipinski definition) is 1. The number of amides is 1. The van der Waals surface area contributed by atoms with Crippen molar-refractivity contribution in [1.29, 1.82) is 0 Å². The van der Waals surface area contributed by atoms with Gasteiger partial charge in [0.05, 0.1) is 6.04 Å². The van der Waals surface area contributed by atoms with Gasteiger partial charge in [-0.2, -0.15) is 0 Å². The summed E-state index contributed by atoms with van der Waals surface area (Å²) in [5.41, 5.74) is 0.929. The third-order valence-corrected chi connectivity index (χ3v) is 6.14. The molecule has 3 nitrogen and oxygen atoms in total. The van der Waals surface area contributed by atoms with Crippen LogP contribution in [0.2, 0.25) is 0 Å². The second-order valence-corrected chi connectivity index (χ2v) is 7.74. The van der Waals surface area contributed by atoms with Gasteiger partial charge in [-0.3, -0.25) is 4.79 Å². The fourth-order valence-electron chi connectivity index (χ4n) is 4.70. The zero-order valence-electron chi connectivity index (χ0n) is 14.1. The normalized spacial score (nSPS) is 30.9. The van der Waals surface area contributed by atoms with Crippen molar-refractivity contribution in [2.45, 2.75) is 38.6 Å². The van der Waals surface area contributed by atoms with Crippen molar-refractivity contribution in [3.8, 4) is 0 Å². The molecule has 4 rings (SSSR count). The van der Waals surface area contributed by atoms with Crippen LogP contribution in [0.25, 0.3) is 0 Å². The van der Waals surface area contributed by atoms with Gasteiger partial charge in [-0.15, -0.1) is 12.4 Å². The molecule has 2 saturated heterocycles. The summed E-state index contributed by atoms with van der Waals surface area (Å²) in [6, 6.07) is 6.85. The zero-order chi connectivity index (χ0) is 16.0. The van der Waals surface area contributed by atoms with Crippen LogP contribution in [0.3, 0.4) is 0 Å². The number of hydrogen-bond acceptors (Lipinski definition) is 2. The summed E-state index contributed by atoms with van der Waals surface area (Å²) in [7, 11) is 0. The SMILES string of the molecule is CC1CC(c2ccccc2F)N(C(=O)C2CC23CCNCC3)C1.Cl. The molecule has 3 unspecified atom stereocenters. The molecule has 1 aromatic carbocycles. The Bertz CT molecular complexity index is 617. The maximum Gasteiger partial charge on any atom is 0.226 e. The Kier molecular flexibility index (Phi) is 4.89. The van der Waals surface area contributed by atoms with Crippen molar-refractivity contribution in [3.05, 3.63) is 35.6 Å². The lowest BCUT2D eigenvalue weighted by atomic mass is 9.91. The van der Waals surface area contributed by atoms with E-state index in [4.69, 9.17) is 0 Å². The molecule has 0 bridgehead atoms. The molecule has 1 spiro atoms. The Morgan fingerprint density at radius 3 is 2.71 bits per heavy atom. The first-order valence-corrected chi connectivity index (χ1v) is 8.86. The van der Waals surface area contributed by atoms with E-state index in [2.05, 4.69) is 12.2 Å². The van der Waals surface area contributed by atoms with E-state index >= 15 is 0 Å². The number of piperidine rings is 1. The Morgan fingerprint density at radius 2 is 2.00 bits per heavy atom. The van der Waals surface area contributed by atoms with Crippen LogP contribution in [0, 0.1) is 23.1 Å². The number of likely N-dealkylation sites (tertiary alicyclic amines) is 1. The van der Waals surface area contributed by atoms with Gasteiger partial charge in [0.1, 0.15) is 5.82 Å². The largest absolute Gasteiger partial charge is 0.335 e. The summed E-state index contributed by atoms with van der Waals surface area (Å²) >= 11 is 0. The fourth-order valence-corrected chi connectivity index (χ4v) is 4.70. The van der Waals surface area contributed by atoms with Crippen molar-refractivity contribution in [3.63, 3.8) is 0 Å². The van der Waals surface area contributed by atoms with Crippen LogP contribution in [-0.4, -0.2) is 30.4 Å². The smallest absolute Gasteiger partial charge is 0.226 e. The molecule has 1 saturated carbocycles. The molecule has 1 aliphatic carbocycles. The van der Waals surface area contributed by atoms with Gasteiger partial charge in [0.25, 0.3) is 0 Å². The van der Waals surface area contributed by atoms with Crippen molar-refractivity contribution < 1.29 is 9.18 Å². The lowest BCUT2D eigenvalue weighted by Gasteiger charge is -2.28. The second-order valence-electron chi connectivity index (χ2n) is 7.74. The van der Waals surface area contributed by atoms with Crippen LogP contribution in [0.1, 0.15) is 44.2 Å². The van der Waals surface area contributed by atoms with Gasteiger partial charge in [0, 0.05) is 18.0 Å². The molecule has 1 aromatic rings. The van der Waals surface area contributed by atoms with E-state index in [1.165, 1.54) is 6.07 Å². The number of nitrogens with one attached hydrogen (secondary N) is 1. The maximum atomic E-state index is 14.2. The van der Waals surface area contributed by atoms with Gasteiger partial charge < -0.3 is 10.2 Å². The Balaban J connectivity index is 0.00000169. The molecule has 1 amide bonds. The van der Waals surface area contributed by atoms with Crippen LogP contribution in [0.5, 0.6) is 0 Å². The molecule has 3 aliphatic rings. The third-order valence-electron chi connectivity index (χ3n) is 6.14. The number of carbonyl (C=O) groups excluding carboxylic acids is 1. The summed E-state index contributed by atoms with van der Waals surface area (Å²) in [5.74, 6) is 0.691. The van der Waals surface area contributed by atoms with Crippen LogP contribution >= 0.6 is 12.4 Å². The molecule has 1 N–H and O–H groups in total. The monoisotopic (exact) mass is 352 g/mol. The number of benzene rings is 1. The van der Waals surface area contributed by atoms with E-state index in [1.54, 1.807) is 6.07 Å². The number of rotatable bonds is 2. The van der Waals surface area contributed by atoms with Gasteiger partial charge in [0.2, 0.25) is 5.91 Å². The molecule has 24 heavy (non-hydrogen) atoms. The lowest BCUT2D eigenvalue weighted by molar-refractivity contribution is -0.134. The van der Waals surface area contributed by atoms with E-state index in [1.807, 2.05) is 17.0 Å². The highest BCUT2D eigenvalue weighted by Crippen LogP contribution is 2.60. The molecule has 5 heteroatoms. The van der Waals surface area contributed by atoms with Gasteiger partial charge in [0.15, 0.2) is 0 Å². The zero-order valence-corrected chi connectivity index (χ0v) is 14.9. The fraction of sp³-hybridized carbons (Fsp3) is 0.632. The number of halogens is 2. The predicted octanol–water partition coefficient (Wildman–Crippen LogP) is 3.55. The summed E-state index contributed by atoms with van der Waals surface area (Å²) in [6.45, 7) is 4.98. The minimum atomic E-state index is -0.184. The molecule has 0 radical (unpaired) electrons. The van der Waals surface area contributed by atoms with Crippen molar-refractivity contribution >= 4 is 18.3 Å². The quantitative estimate of drug-likeness (QED) is 0.882. The van der Waals surface area contributed by atoms with Crippen LogP contribution in [0.4, 0.5) is 4.39 Å². The highest BCUT2D eigenvalue weighted by molar-refractivity contribution is 5.85.